The monoisotopic (exact) mass is 425 g/mol. The summed E-state index contributed by atoms with van der Waals surface area (Å²) in [5.74, 6) is -0.117. The molecule has 1 amide bonds. The van der Waals surface area contributed by atoms with Gasteiger partial charge in [-0.1, -0.05) is 36.4 Å². The second-order valence-corrected chi connectivity index (χ2v) is 8.32. The van der Waals surface area contributed by atoms with E-state index in [0.29, 0.717) is 24.3 Å². The quantitative estimate of drug-likeness (QED) is 0.508. The number of nitrogens with one attached hydrogen (secondary N) is 1. The number of aryl methyl sites for hydroxylation is 4. The molecule has 4 rings (SSSR count). The summed E-state index contributed by atoms with van der Waals surface area (Å²) in [7, 11) is 0. The van der Waals surface area contributed by atoms with Crippen molar-refractivity contribution in [3.05, 3.63) is 110 Å². The standard InChI is InChI=1S/C27H27N3O2/c1-17-7-5-6-8-23(17)15-28-26(31)22-11-9-21(10-12-22)16-30-25-14-19(3)18(2)13-24(25)29-20(4)27(30)32/h5-14H,15-16H2,1-4H3,(H,28,31). The minimum Gasteiger partial charge on any atom is -0.348 e. The van der Waals surface area contributed by atoms with Crippen molar-refractivity contribution in [3.63, 3.8) is 0 Å². The molecular formula is C27H27N3O2. The first-order chi connectivity index (χ1) is 15.3. The van der Waals surface area contributed by atoms with Crippen molar-refractivity contribution in [3.8, 4) is 0 Å². The molecule has 0 radical (unpaired) electrons. The first kappa shape index (κ1) is 21.5. The third-order valence-corrected chi connectivity index (χ3v) is 5.98. The summed E-state index contributed by atoms with van der Waals surface area (Å²) in [4.78, 5) is 29.9. The summed E-state index contributed by atoms with van der Waals surface area (Å²) in [6.45, 7) is 8.77. The minimum absolute atomic E-state index is 0.0965. The van der Waals surface area contributed by atoms with Crippen LogP contribution in [-0.2, 0) is 13.1 Å². The Morgan fingerprint density at radius 2 is 1.59 bits per heavy atom. The van der Waals surface area contributed by atoms with Crippen molar-refractivity contribution in [1.29, 1.82) is 0 Å². The van der Waals surface area contributed by atoms with E-state index in [-0.39, 0.29) is 11.5 Å². The molecule has 0 aliphatic heterocycles. The minimum atomic E-state index is -0.117. The molecule has 1 heterocycles. The topological polar surface area (TPSA) is 64.0 Å². The Kier molecular flexibility index (Phi) is 5.91. The number of fused-ring (bicyclic) bond motifs is 1. The largest absolute Gasteiger partial charge is 0.348 e. The van der Waals surface area contributed by atoms with Crippen LogP contribution in [0.5, 0.6) is 0 Å². The van der Waals surface area contributed by atoms with Gasteiger partial charge in [0.1, 0.15) is 5.69 Å². The van der Waals surface area contributed by atoms with Crippen LogP contribution in [0.2, 0.25) is 0 Å². The van der Waals surface area contributed by atoms with Crippen molar-refractivity contribution in [2.75, 3.05) is 0 Å². The molecule has 5 heteroatoms. The third-order valence-electron chi connectivity index (χ3n) is 5.98. The highest BCUT2D eigenvalue weighted by atomic mass is 16.1. The number of hydrogen-bond donors (Lipinski definition) is 1. The Morgan fingerprint density at radius 1 is 0.906 bits per heavy atom. The molecule has 0 saturated carbocycles. The fraction of sp³-hybridized carbons (Fsp3) is 0.222. The molecule has 0 aliphatic rings. The molecule has 32 heavy (non-hydrogen) atoms. The number of nitrogens with zero attached hydrogens (tertiary/aromatic N) is 2. The lowest BCUT2D eigenvalue weighted by atomic mass is 10.1. The SMILES string of the molecule is Cc1cc2nc(C)c(=O)n(Cc3ccc(C(=O)NCc4ccccc4C)cc3)c2cc1C. The Labute approximate surface area is 187 Å². The van der Waals surface area contributed by atoms with Crippen molar-refractivity contribution >= 4 is 16.9 Å². The molecule has 0 atom stereocenters. The predicted molar refractivity (Wildman–Crippen MR) is 128 cm³/mol. The van der Waals surface area contributed by atoms with Crippen LogP contribution < -0.4 is 10.9 Å². The lowest BCUT2D eigenvalue weighted by molar-refractivity contribution is 0.0951. The van der Waals surface area contributed by atoms with Crippen molar-refractivity contribution in [2.24, 2.45) is 0 Å². The van der Waals surface area contributed by atoms with Crippen molar-refractivity contribution in [2.45, 2.75) is 40.8 Å². The fourth-order valence-electron chi connectivity index (χ4n) is 3.81. The van der Waals surface area contributed by atoms with Gasteiger partial charge in [-0.05, 0) is 79.8 Å². The van der Waals surface area contributed by atoms with E-state index in [1.54, 1.807) is 23.6 Å². The molecule has 162 valence electrons. The molecule has 0 spiro atoms. The van der Waals surface area contributed by atoms with Crippen LogP contribution >= 0.6 is 0 Å². The first-order valence-corrected chi connectivity index (χ1v) is 10.7. The average molecular weight is 426 g/mol. The van der Waals surface area contributed by atoms with E-state index in [4.69, 9.17) is 0 Å². The maximum absolute atomic E-state index is 12.8. The number of benzene rings is 3. The van der Waals surface area contributed by atoms with Gasteiger partial charge in [0.25, 0.3) is 11.5 Å². The van der Waals surface area contributed by atoms with E-state index in [1.165, 1.54) is 0 Å². The number of rotatable bonds is 5. The van der Waals surface area contributed by atoms with Crippen LogP contribution in [0, 0.1) is 27.7 Å². The molecule has 0 aliphatic carbocycles. The van der Waals surface area contributed by atoms with E-state index in [2.05, 4.69) is 10.3 Å². The van der Waals surface area contributed by atoms with E-state index in [0.717, 1.165) is 38.9 Å². The Balaban J connectivity index is 1.55. The van der Waals surface area contributed by atoms with Crippen LogP contribution in [0.4, 0.5) is 0 Å². The molecule has 1 aromatic heterocycles. The summed E-state index contributed by atoms with van der Waals surface area (Å²) in [5, 5.41) is 2.98. The van der Waals surface area contributed by atoms with Crippen LogP contribution in [0.1, 0.15) is 43.9 Å². The van der Waals surface area contributed by atoms with Gasteiger partial charge in [-0.15, -0.1) is 0 Å². The summed E-state index contributed by atoms with van der Waals surface area (Å²) < 4.78 is 1.76. The second kappa shape index (κ2) is 8.79. The van der Waals surface area contributed by atoms with Crippen LogP contribution in [0.25, 0.3) is 11.0 Å². The number of aromatic nitrogens is 2. The molecule has 0 fully saturated rings. The fourth-order valence-corrected chi connectivity index (χ4v) is 3.81. The maximum atomic E-state index is 12.8. The highest BCUT2D eigenvalue weighted by Gasteiger charge is 2.11. The Morgan fingerprint density at radius 3 is 2.31 bits per heavy atom. The highest BCUT2D eigenvalue weighted by Crippen LogP contribution is 2.18. The van der Waals surface area contributed by atoms with Crippen molar-refractivity contribution < 1.29 is 4.79 Å². The molecule has 1 N–H and O–H groups in total. The summed E-state index contributed by atoms with van der Waals surface area (Å²) in [6.07, 6.45) is 0. The van der Waals surface area contributed by atoms with Gasteiger partial charge in [0, 0.05) is 12.1 Å². The maximum Gasteiger partial charge on any atom is 0.272 e. The molecule has 0 bridgehead atoms. The normalized spacial score (nSPS) is 11.0. The van der Waals surface area contributed by atoms with Gasteiger partial charge in [0.05, 0.1) is 17.6 Å². The summed E-state index contributed by atoms with van der Waals surface area (Å²) in [5.41, 5.74) is 8.09. The summed E-state index contributed by atoms with van der Waals surface area (Å²) in [6, 6.07) is 19.5. The molecule has 0 unspecified atom stereocenters. The third kappa shape index (κ3) is 4.33. The zero-order valence-corrected chi connectivity index (χ0v) is 18.9. The molecule has 0 saturated heterocycles. The van der Waals surface area contributed by atoms with Gasteiger partial charge in [-0.25, -0.2) is 4.98 Å². The number of carbonyl (C=O) groups is 1. The van der Waals surface area contributed by atoms with Gasteiger partial charge in [-0.3, -0.25) is 9.59 Å². The van der Waals surface area contributed by atoms with Crippen LogP contribution in [0.15, 0.2) is 65.5 Å². The Bertz CT molecular complexity index is 1370. The molecule has 3 aromatic carbocycles. The molecular weight excluding hydrogens is 398 g/mol. The van der Waals surface area contributed by atoms with Gasteiger partial charge >= 0.3 is 0 Å². The zero-order valence-electron chi connectivity index (χ0n) is 18.9. The number of hydrogen-bond acceptors (Lipinski definition) is 3. The average Bonchev–Trinajstić information content (AvgIpc) is 2.78. The zero-order chi connectivity index (χ0) is 22.8. The van der Waals surface area contributed by atoms with E-state index < -0.39 is 0 Å². The Hall–Kier alpha value is -3.73. The second-order valence-electron chi connectivity index (χ2n) is 8.32. The van der Waals surface area contributed by atoms with E-state index in [1.807, 2.05) is 69.3 Å². The van der Waals surface area contributed by atoms with Gasteiger partial charge < -0.3 is 9.88 Å². The number of amides is 1. The summed E-state index contributed by atoms with van der Waals surface area (Å²) >= 11 is 0. The smallest absolute Gasteiger partial charge is 0.272 e. The van der Waals surface area contributed by atoms with Crippen LogP contribution in [0.3, 0.4) is 0 Å². The highest BCUT2D eigenvalue weighted by molar-refractivity contribution is 5.94. The number of carbonyl (C=O) groups excluding carboxylic acids is 1. The molecule has 5 nitrogen and oxygen atoms in total. The lowest BCUT2D eigenvalue weighted by Crippen LogP contribution is -2.25. The van der Waals surface area contributed by atoms with Gasteiger partial charge in [0.15, 0.2) is 0 Å². The van der Waals surface area contributed by atoms with Crippen molar-refractivity contribution in [1.82, 2.24) is 14.9 Å². The molecule has 4 aromatic rings. The van der Waals surface area contributed by atoms with E-state index in [9.17, 15) is 9.59 Å². The lowest BCUT2D eigenvalue weighted by Gasteiger charge is -2.13. The van der Waals surface area contributed by atoms with Gasteiger partial charge in [0.2, 0.25) is 0 Å². The van der Waals surface area contributed by atoms with Gasteiger partial charge in [-0.2, -0.15) is 0 Å². The predicted octanol–water partition coefficient (Wildman–Crippen LogP) is 4.61. The van der Waals surface area contributed by atoms with E-state index >= 15 is 0 Å². The van der Waals surface area contributed by atoms with Crippen LogP contribution in [-0.4, -0.2) is 15.5 Å². The first-order valence-electron chi connectivity index (χ1n) is 10.7.